The zero-order valence-electron chi connectivity index (χ0n) is 18.3. The minimum Gasteiger partial charge on any atom is -0.369 e. The second kappa shape index (κ2) is 9.85. The number of halogens is 1. The largest absolute Gasteiger partial charge is 0.369 e. The van der Waals surface area contributed by atoms with Crippen LogP contribution in [0, 0.1) is 11.7 Å². The van der Waals surface area contributed by atoms with E-state index in [0.29, 0.717) is 15.6 Å². The molecule has 2 heterocycles. The Hall–Kier alpha value is -2.68. The number of carbonyl (C=O) groups excluding carboxylic acids is 1. The van der Waals surface area contributed by atoms with Crippen LogP contribution in [-0.4, -0.2) is 58.3 Å². The van der Waals surface area contributed by atoms with Gasteiger partial charge in [-0.05, 0) is 73.7 Å². The van der Waals surface area contributed by atoms with Crippen molar-refractivity contribution in [2.45, 2.75) is 20.4 Å². The number of hydrogen-bond acceptors (Lipinski definition) is 5. The fraction of sp³-hybridized carbons (Fsp3) is 0.348. The van der Waals surface area contributed by atoms with E-state index in [1.807, 2.05) is 25.1 Å². The number of nitrogens with one attached hydrogen (secondary N) is 2. The van der Waals surface area contributed by atoms with Crippen molar-refractivity contribution in [1.82, 2.24) is 19.7 Å². The van der Waals surface area contributed by atoms with Gasteiger partial charge < -0.3 is 15.1 Å². The number of aromatic amines is 1. The maximum Gasteiger partial charge on any atom is 0.244 e. The summed E-state index contributed by atoms with van der Waals surface area (Å²) in [5.74, 6) is 0.435. The number of nitrogens with zero attached hydrogens (tertiary/aromatic N) is 4. The fourth-order valence-electron chi connectivity index (χ4n) is 3.92. The number of benzene rings is 2. The van der Waals surface area contributed by atoms with E-state index >= 15 is 0 Å². The number of aromatic nitrogens is 3. The molecular weight excluding hydrogens is 444 g/mol. The lowest BCUT2D eigenvalue weighted by Crippen LogP contribution is -2.46. The quantitative estimate of drug-likeness (QED) is 0.524. The van der Waals surface area contributed by atoms with Gasteiger partial charge in [0, 0.05) is 48.1 Å². The van der Waals surface area contributed by atoms with Crippen LogP contribution in [0.2, 0.25) is 5.02 Å². The highest BCUT2D eigenvalue weighted by Crippen LogP contribution is 2.24. The van der Waals surface area contributed by atoms with Crippen molar-refractivity contribution < 1.29 is 4.79 Å². The number of H-pyrrole nitrogens is 1. The third-order valence-corrected chi connectivity index (χ3v) is 6.39. The SMILES string of the molecule is CCN1CCN(c2ccc(NC(=O)Cn3c(-c4ccc(Cl)cc4)n[nH]c3=S)c(C)c2)CC1. The monoisotopic (exact) mass is 470 g/mol. The molecule has 1 aromatic heterocycles. The van der Waals surface area contributed by atoms with Gasteiger partial charge in [-0.2, -0.15) is 5.10 Å². The number of amides is 1. The van der Waals surface area contributed by atoms with Gasteiger partial charge in [-0.1, -0.05) is 18.5 Å². The fourth-order valence-corrected chi connectivity index (χ4v) is 4.25. The second-order valence-electron chi connectivity index (χ2n) is 7.91. The summed E-state index contributed by atoms with van der Waals surface area (Å²) in [6.45, 7) is 9.57. The Balaban J connectivity index is 1.44. The molecule has 168 valence electrons. The number of rotatable bonds is 6. The molecule has 1 aliphatic rings. The van der Waals surface area contributed by atoms with Crippen LogP contribution < -0.4 is 10.2 Å². The Labute approximate surface area is 198 Å². The van der Waals surface area contributed by atoms with E-state index in [1.165, 1.54) is 5.69 Å². The molecule has 2 N–H and O–H groups in total. The highest BCUT2D eigenvalue weighted by molar-refractivity contribution is 7.71. The van der Waals surface area contributed by atoms with Crippen LogP contribution >= 0.6 is 23.8 Å². The minimum absolute atomic E-state index is 0.0630. The first-order valence-corrected chi connectivity index (χ1v) is 11.5. The van der Waals surface area contributed by atoms with Gasteiger partial charge in [0.2, 0.25) is 5.91 Å². The van der Waals surface area contributed by atoms with Crippen LogP contribution in [-0.2, 0) is 11.3 Å². The van der Waals surface area contributed by atoms with Crippen LogP contribution in [0.3, 0.4) is 0 Å². The van der Waals surface area contributed by atoms with Crippen molar-refractivity contribution >= 4 is 41.1 Å². The number of piperazine rings is 1. The van der Waals surface area contributed by atoms with Gasteiger partial charge in [-0.25, -0.2) is 0 Å². The van der Waals surface area contributed by atoms with E-state index < -0.39 is 0 Å². The molecule has 7 nitrogen and oxygen atoms in total. The molecule has 1 saturated heterocycles. The first kappa shape index (κ1) is 22.5. The average molecular weight is 471 g/mol. The molecule has 1 amide bonds. The molecule has 32 heavy (non-hydrogen) atoms. The van der Waals surface area contributed by atoms with E-state index in [1.54, 1.807) is 16.7 Å². The smallest absolute Gasteiger partial charge is 0.244 e. The molecule has 0 aliphatic carbocycles. The number of carbonyl (C=O) groups is 1. The topological polar surface area (TPSA) is 69.2 Å². The first-order chi connectivity index (χ1) is 15.4. The van der Waals surface area contributed by atoms with Gasteiger partial charge in [-0.15, -0.1) is 0 Å². The normalized spacial score (nSPS) is 14.5. The van der Waals surface area contributed by atoms with Crippen molar-refractivity contribution in [3.05, 3.63) is 57.8 Å². The number of likely N-dealkylation sites (N-methyl/N-ethyl adjacent to an activating group) is 1. The molecule has 0 saturated carbocycles. The average Bonchev–Trinajstić information content (AvgIpc) is 3.15. The van der Waals surface area contributed by atoms with Crippen LogP contribution in [0.15, 0.2) is 42.5 Å². The minimum atomic E-state index is -0.162. The Morgan fingerprint density at radius 3 is 2.53 bits per heavy atom. The Kier molecular flexibility index (Phi) is 6.93. The lowest BCUT2D eigenvalue weighted by molar-refractivity contribution is -0.116. The van der Waals surface area contributed by atoms with Crippen LogP contribution in [0.4, 0.5) is 11.4 Å². The molecule has 3 aromatic rings. The standard InChI is InChI=1S/C23H27ClN6OS/c1-3-28-10-12-29(13-11-28)19-8-9-20(16(2)14-19)25-21(31)15-30-22(26-27-23(30)32)17-4-6-18(24)7-5-17/h4-9,14H,3,10-13,15H2,1-2H3,(H,25,31)(H,27,32). The Bertz CT molecular complexity index is 1150. The maximum absolute atomic E-state index is 12.8. The molecule has 2 aromatic carbocycles. The Morgan fingerprint density at radius 1 is 1.16 bits per heavy atom. The summed E-state index contributed by atoms with van der Waals surface area (Å²) in [4.78, 5) is 17.7. The van der Waals surface area contributed by atoms with E-state index in [4.69, 9.17) is 23.8 Å². The number of anilines is 2. The van der Waals surface area contributed by atoms with Crippen molar-refractivity contribution in [2.75, 3.05) is 42.9 Å². The van der Waals surface area contributed by atoms with Gasteiger partial charge in [-0.3, -0.25) is 14.5 Å². The summed E-state index contributed by atoms with van der Waals surface area (Å²) < 4.78 is 2.08. The lowest BCUT2D eigenvalue weighted by atomic mass is 10.1. The van der Waals surface area contributed by atoms with Crippen molar-refractivity contribution in [3.63, 3.8) is 0 Å². The van der Waals surface area contributed by atoms with Crippen molar-refractivity contribution in [3.8, 4) is 11.4 Å². The van der Waals surface area contributed by atoms with E-state index in [2.05, 4.69) is 44.4 Å². The molecule has 0 unspecified atom stereocenters. The summed E-state index contributed by atoms with van der Waals surface area (Å²) >= 11 is 11.3. The zero-order chi connectivity index (χ0) is 22.7. The highest BCUT2D eigenvalue weighted by Gasteiger charge is 2.17. The van der Waals surface area contributed by atoms with Gasteiger partial charge in [0.15, 0.2) is 10.6 Å². The first-order valence-electron chi connectivity index (χ1n) is 10.7. The third-order valence-electron chi connectivity index (χ3n) is 5.83. The predicted octanol–water partition coefficient (Wildman–Crippen LogP) is 4.35. The molecule has 0 atom stereocenters. The summed E-state index contributed by atoms with van der Waals surface area (Å²) in [5, 5.41) is 10.7. The molecule has 0 radical (unpaired) electrons. The number of aryl methyl sites for hydroxylation is 1. The van der Waals surface area contributed by atoms with E-state index in [9.17, 15) is 4.79 Å². The van der Waals surface area contributed by atoms with Gasteiger partial charge in [0.1, 0.15) is 6.54 Å². The van der Waals surface area contributed by atoms with Gasteiger partial charge in [0.25, 0.3) is 0 Å². The van der Waals surface area contributed by atoms with Gasteiger partial charge >= 0.3 is 0 Å². The summed E-state index contributed by atoms with van der Waals surface area (Å²) in [7, 11) is 0. The highest BCUT2D eigenvalue weighted by atomic mass is 35.5. The molecule has 0 spiro atoms. The Morgan fingerprint density at radius 2 is 1.88 bits per heavy atom. The van der Waals surface area contributed by atoms with E-state index in [0.717, 1.165) is 49.5 Å². The van der Waals surface area contributed by atoms with E-state index in [-0.39, 0.29) is 12.5 Å². The predicted molar refractivity (Wildman–Crippen MR) is 132 cm³/mol. The summed E-state index contributed by atoms with van der Waals surface area (Å²) in [6.07, 6.45) is 0. The number of hydrogen-bond donors (Lipinski definition) is 2. The zero-order valence-corrected chi connectivity index (χ0v) is 19.8. The third kappa shape index (κ3) is 5.03. The van der Waals surface area contributed by atoms with Crippen LogP contribution in [0.5, 0.6) is 0 Å². The lowest BCUT2D eigenvalue weighted by Gasteiger charge is -2.35. The van der Waals surface area contributed by atoms with Crippen molar-refractivity contribution in [2.24, 2.45) is 0 Å². The molecule has 1 fully saturated rings. The maximum atomic E-state index is 12.8. The van der Waals surface area contributed by atoms with Crippen LogP contribution in [0.25, 0.3) is 11.4 Å². The molecule has 0 bridgehead atoms. The van der Waals surface area contributed by atoms with Crippen LogP contribution in [0.1, 0.15) is 12.5 Å². The molecular formula is C23H27ClN6OS. The summed E-state index contributed by atoms with van der Waals surface area (Å²) in [5.41, 5.74) is 3.85. The molecule has 4 rings (SSSR count). The summed E-state index contributed by atoms with van der Waals surface area (Å²) in [6, 6.07) is 13.5. The second-order valence-corrected chi connectivity index (χ2v) is 8.74. The molecule has 1 aliphatic heterocycles. The molecule has 9 heteroatoms. The van der Waals surface area contributed by atoms with Crippen molar-refractivity contribution in [1.29, 1.82) is 0 Å². The van der Waals surface area contributed by atoms with Gasteiger partial charge in [0.05, 0.1) is 0 Å².